The van der Waals surface area contributed by atoms with Crippen molar-refractivity contribution in [2.75, 3.05) is 13.1 Å². The number of rotatable bonds is 3. The fraction of sp³-hybridized carbons (Fsp3) is 0.923. The topological polar surface area (TPSA) is 40.5 Å². The molecule has 1 N–H and O–H groups in total. The van der Waals surface area contributed by atoms with Crippen molar-refractivity contribution in [3.63, 3.8) is 0 Å². The van der Waals surface area contributed by atoms with Crippen LogP contribution in [-0.4, -0.2) is 40.8 Å². The molecule has 0 spiro atoms. The Hall–Kier alpha value is -0.780. The molecule has 19 heavy (non-hydrogen) atoms. The Balaban J connectivity index is 1.91. The van der Waals surface area contributed by atoms with Gasteiger partial charge in [-0.3, -0.25) is 4.79 Å². The molecule has 2 fully saturated rings. The molecular weight excluding hydrogens is 259 g/mol. The van der Waals surface area contributed by atoms with Crippen molar-refractivity contribution in [3.8, 4) is 0 Å². The number of likely N-dealkylation sites (tertiary alicyclic amines) is 1. The summed E-state index contributed by atoms with van der Waals surface area (Å²) in [6, 6.07) is 0. The number of aliphatic hydroxyl groups is 1. The van der Waals surface area contributed by atoms with E-state index in [4.69, 9.17) is 0 Å². The van der Waals surface area contributed by atoms with E-state index in [0.717, 1.165) is 19.3 Å². The number of carbonyl (C=O) groups is 1. The number of amides is 1. The third-order valence-corrected chi connectivity index (χ3v) is 4.58. The minimum atomic E-state index is -4.30. The van der Waals surface area contributed by atoms with E-state index in [9.17, 15) is 23.1 Å². The molecular formula is C13H20F3NO2. The summed E-state index contributed by atoms with van der Waals surface area (Å²) in [6.07, 6.45) is -2.92. The van der Waals surface area contributed by atoms with Gasteiger partial charge in [0.25, 0.3) is 0 Å². The molecule has 0 aromatic heterocycles. The number of β-amino-alcohol motifs (C(OH)–C–C–N with tert-alkyl or cyclic N) is 1. The van der Waals surface area contributed by atoms with E-state index < -0.39 is 30.5 Å². The molecule has 0 bridgehead atoms. The van der Waals surface area contributed by atoms with Gasteiger partial charge in [-0.05, 0) is 18.8 Å². The summed E-state index contributed by atoms with van der Waals surface area (Å²) >= 11 is 0. The van der Waals surface area contributed by atoms with E-state index in [-0.39, 0.29) is 18.4 Å². The summed E-state index contributed by atoms with van der Waals surface area (Å²) in [5, 5.41) is 10.6. The Morgan fingerprint density at radius 1 is 1.42 bits per heavy atom. The molecule has 1 saturated heterocycles. The summed E-state index contributed by atoms with van der Waals surface area (Å²) in [5.41, 5.74) is -0.897. The SMILES string of the molecule is C[C@@H]1CN(C(=O)CCC(F)(F)F)C[C@@]1(O)C1CCC1. The quantitative estimate of drug-likeness (QED) is 0.861. The van der Waals surface area contributed by atoms with E-state index in [1.54, 1.807) is 0 Å². The Kier molecular flexibility index (Phi) is 3.82. The van der Waals surface area contributed by atoms with Gasteiger partial charge < -0.3 is 10.0 Å². The van der Waals surface area contributed by atoms with Crippen LogP contribution in [0, 0.1) is 11.8 Å². The van der Waals surface area contributed by atoms with Crippen molar-refractivity contribution in [2.45, 2.75) is 50.8 Å². The highest BCUT2D eigenvalue weighted by atomic mass is 19.4. The standard InChI is InChI=1S/C13H20F3NO2/c1-9-7-17(11(18)5-6-13(14,15)16)8-12(9,19)10-3-2-4-10/h9-10,19H,2-8H2,1H3/t9-,12+/m1/s1. The second-order valence-electron chi connectivity index (χ2n) is 5.91. The van der Waals surface area contributed by atoms with Crippen LogP contribution in [0.2, 0.25) is 0 Å². The predicted octanol–water partition coefficient (Wildman–Crippen LogP) is 2.34. The molecule has 110 valence electrons. The zero-order valence-corrected chi connectivity index (χ0v) is 11.0. The fourth-order valence-electron chi connectivity index (χ4n) is 3.05. The largest absolute Gasteiger partial charge is 0.389 e. The van der Waals surface area contributed by atoms with Crippen molar-refractivity contribution in [2.24, 2.45) is 11.8 Å². The van der Waals surface area contributed by atoms with Gasteiger partial charge in [-0.1, -0.05) is 13.3 Å². The second kappa shape index (κ2) is 4.96. The van der Waals surface area contributed by atoms with Crippen molar-refractivity contribution in [3.05, 3.63) is 0 Å². The molecule has 6 heteroatoms. The lowest BCUT2D eigenvalue weighted by Crippen LogP contribution is -2.48. The molecule has 2 aliphatic rings. The Morgan fingerprint density at radius 3 is 2.53 bits per heavy atom. The van der Waals surface area contributed by atoms with Gasteiger partial charge in [0.15, 0.2) is 0 Å². The van der Waals surface area contributed by atoms with Crippen LogP contribution in [0.5, 0.6) is 0 Å². The number of hydrogen-bond acceptors (Lipinski definition) is 2. The summed E-state index contributed by atoms with van der Waals surface area (Å²) in [7, 11) is 0. The van der Waals surface area contributed by atoms with E-state index in [1.807, 2.05) is 6.92 Å². The van der Waals surface area contributed by atoms with Gasteiger partial charge in [-0.2, -0.15) is 13.2 Å². The molecule has 1 heterocycles. The van der Waals surface area contributed by atoms with Gasteiger partial charge in [0.05, 0.1) is 12.0 Å². The van der Waals surface area contributed by atoms with E-state index in [0.29, 0.717) is 6.54 Å². The van der Waals surface area contributed by atoms with E-state index >= 15 is 0 Å². The number of alkyl halides is 3. The van der Waals surface area contributed by atoms with Crippen LogP contribution in [0.15, 0.2) is 0 Å². The van der Waals surface area contributed by atoms with Crippen molar-refractivity contribution < 1.29 is 23.1 Å². The van der Waals surface area contributed by atoms with Gasteiger partial charge in [-0.15, -0.1) is 0 Å². The third kappa shape index (κ3) is 3.04. The van der Waals surface area contributed by atoms with Crippen LogP contribution >= 0.6 is 0 Å². The van der Waals surface area contributed by atoms with Crippen LogP contribution in [0.25, 0.3) is 0 Å². The van der Waals surface area contributed by atoms with E-state index in [2.05, 4.69) is 0 Å². The molecule has 3 nitrogen and oxygen atoms in total. The highest BCUT2D eigenvalue weighted by Crippen LogP contribution is 2.44. The number of halogens is 3. The molecule has 0 radical (unpaired) electrons. The number of nitrogens with zero attached hydrogens (tertiary/aromatic N) is 1. The van der Waals surface area contributed by atoms with Crippen molar-refractivity contribution >= 4 is 5.91 Å². The molecule has 1 amide bonds. The average Bonchev–Trinajstić information content (AvgIpc) is 2.48. The third-order valence-electron chi connectivity index (χ3n) is 4.58. The van der Waals surface area contributed by atoms with Crippen LogP contribution in [0.1, 0.15) is 39.0 Å². The van der Waals surface area contributed by atoms with Gasteiger partial charge in [0.1, 0.15) is 0 Å². The van der Waals surface area contributed by atoms with E-state index in [1.165, 1.54) is 4.90 Å². The predicted molar refractivity (Wildman–Crippen MR) is 63.3 cm³/mol. The maximum Gasteiger partial charge on any atom is 0.389 e. The van der Waals surface area contributed by atoms with Crippen LogP contribution in [-0.2, 0) is 4.79 Å². The van der Waals surface area contributed by atoms with Crippen molar-refractivity contribution in [1.29, 1.82) is 0 Å². The Bertz CT molecular complexity index is 354. The second-order valence-corrected chi connectivity index (χ2v) is 5.91. The average molecular weight is 279 g/mol. The molecule has 2 rings (SSSR count). The molecule has 0 aromatic carbocycles. The van der Waals surface area contributed by atoms with Crippen LogP contribution in [0.3, 0.4) is 0 Å². The lowest BCUT2D eigenvalue weighted by molar-refractivity contribution is -0.149. The molecule has 2 atom stereocenters. The normalized spacial score (nSPS) is 32.5. The smallest absolute Gasteiger partial charge is 0.387 e. The monoisotopic (exact) mass is 279 g/mol. The Labute approximate surface area is 110 Å². The summed E-state index contributed by atoms with van der Waals surface area (Å²) < 4.78 is 36.3. The zero-order valence-electron chi connectivity index (χ0n) is 11.0. The summed E-state index contributed by atoms with van der Waals surface area (Å²) in [4.78, 5) is 13.2. The van der Waals surface area contributed by atoms with Crippen LogP contribution in [0.4, 0.5) is 13.2 Å². The van der Waals surface area contributed by atoms with Gasteiger partial charge in [0.2, 0.25) is 5.91 Å². The van der Waals surface area contributed by atoms with Gasteiger partial charge in [-0.25, -0.2) is 0 Å². The fourth-order valence-corrected chi connectivity index (χ4v) is 3.05. The molecule has 0 aromatic rings. The van der Waals surface area contributed by atoms with Gasteiger partial charge in [0, 0.05) is 25.4 Å². The Morgan fingerprint density at radius 2 is 2.05 bits per heavy atom. The van der Waals surface area contributed by atoms with Gasteiger partial charge >= 0.3 is 6.18 Å². The highest BCUT2D eigenvalue weighted by Gasteiger charge is 2.51. The number of carbonyl (C=O) groups excluding carboxylic acids is 1. The maximum atomic E-state index is 12.1. The number of hydrogen-bond donors (Lipinski definition) is 1. The molecule has 1 aliphatic heterocycles. The summed E-state index contributed by atoms with van der Waals surface area (Å²) in [6.45, 7) is 2.43. The zero-order chi connectivity index (χ0) is 14.3. The summed E-state index contributed by atoms with van der Waals surface area (Å²) in [5.74, 6) is -0.366. The first-order chi connectivity index (χ1) is 8.72. The molecule has 0 unspecified atom stereocenters. The minimum Gasteiger partial charge on any atom is -0.387 e. The minimum absolute atomic E-state index is 0.0624. The maximum absolute atomic E-state index is 12.1. The first-order valence-corrected chi connectivity index (χ1v) is 6.79. The van der Waals surface area contributed by atoms with Crippen molar-refractivity contribution in [1.82, 2.24) is 4.90 Å². The lowest BCUT2D eigenvalue weighted by Gasteiger charge is -2.41. The highest BCUT2D eigenvalue weighted by molar-refractivity contribution is 5.76. The first kappa shape index (κ1) is 14.6. The molecule has 1 aliphatic carbocycles. The van der Waals surface area contributed by atoms with Crippen LogP contribution < -0.4 is 0 Å². The first-order valence-electron chi connectivity index (χ1n) is 6.79. The molecule has 1 saturated carbocycles. The lowest BCUT2D eigenvalue weighted by atomic mass is 9.69.